The van der Waals surface area contributed by atoms with Gasteiger partial charge in [0.25, 0.3) is 0 Å². The first kappa shape index (κ1) is 29.4. The van der Waals surface area contributed by atoms with Crippen LogP contribution in [0, 0.1) is 0 Å². The zero-order chi connectivity index (χ0) is 0. The van der Waals surface area contributed by atoms with Crippen molar-refractivity contribution in [1.82, 2.24) is 0 Å². The van der Waals surface area contributed by atoms with Gasteiger partial charge in [-0.1, -0.05) is 0 Å². The van der Waals surface area contributed by atoms with E-state index in [1.54, 1.807) is 0 Å². The molecule has 0 heterocycles. The first-order valence-electron chi connectivity index (χ1n) is 0. The van der Waals surface area contributed by atoms with E-state index in [1.165, 1.54) is 0 Å². The third-order valence-electron chi connectivity index (χ3n) is 0. The average molecular weight is 156 g/mol. The van der Waals surface area contributed by atoms with E-state index in [9.17, 15) is 0 Å². The van der Waals surface area contributed by atoms with Crippen LogP contribution >= 0.6 is 0 Å². The van der Waals surface area contributed by atoms with E-state index in [2.05, 4.69) is 0 Å². The van der Waals surface area contributed by atoms with Gasteiger partial charge in [0.2, 0.25) is 0 Å². The maximum absolute atomic E-state index is 0. The zero-order valence-corrected chi connectivity index (χ0v) is 6.49. The van der Waals surface area contributed by atoms with Gasteiger partial charge in [0, 0.05) is 17.1 Å². The van der Waals surface area contributed by atoms with Crippen molar-refractivity contribution in [3.63, 3.8) is 0 Å². The van der Waals surface area contributed by atoms with Gasteiger partial charge in [0.05, 0.1) is 0 Å². The molecule has 0 spiro atoms. The summed E-state index contributed by atoms with van der Waals surface area (Å²) >= 11 is 0. The largest absolute Gasteiger partial charge is 2.00 e. The second-order valence-electron chi connectivity index (χ2n) is 0. The molecule has 0 aromatic heterocycles. The number of hydrogen-bond acceptors (Lipinski definition) is 0. The molecule has 0 rings (SSSR count). The van der Waals surface area contributed by atoms with Gasteiger partial charge in [0.15, 0.2) is 0 Å². The van der Waals surface area contributed by atoms with E-state index in [0.717, 1.165) is 0 Å². The third kappa shape index (κ3) is 8.83. The molecule has 0 unspecified atom stereocenters. The summed E-state index contributed by atoms with van der Waals surface area (Å²) in [6.07, 6.45) is 0. The molecule has 24 valence electrons. The predicted molar refractivity (Wildman–Crippen MR) is 27.3 cm³/mol. The fourth-order valence-corrected chi connectivity index (χ4v) is 0. The van der Waals surface area contributed by atoms with Crippen molar-refractivity contribution in [2.45, 2.75) is 0 Å². The molecule has 0 aliphatic carbocycles. The van der Waals surface area contributed by atoms with E-state index >= 15 is 0 Å². The molecule has 0 amide bonds. The summed E-state index contributed by atoms with van der Waals surface area (Å²) in [4.78, 5) is 0. The van der Waals surface area contributed by atoms with Gasteiger partial charge < -0.3 is 5.71 Å². The van der Waals surface area contributed by atoms with Crippen LogP contribution in [0.4, 0.5) is 0 Å². The number of hydrogen-bond donors (Lipinski definition) is 0. The Morgan fingerprint density at radius 1 is 1.25 bits per heavy atom. The molecular formula is H8CaFeMgSi. The molecule has 0 atom stereocenters. The van der Waals surface area contributed by atoms with Crippen molar-refractivity contribution >= 4 is 71.8 Å². The minimum atomic E-state index is 0. The summed E-state index contributed by atoms with van der Waals surface area (Å²) in [6, 6.07) is 0. The smallest absolute Gasteiger partial charge is 1.00 e. The van der Waals surface area contributed by atoms with Gasteiger partial charge in [-0.2, -0.15) is 0 Å². The van der Waals surface area contributed by atoms with E-state index in [-0.39, 0.29) is 94.5 Å². The van der Waals surface area contributed by atoms with Crippen molar-refractivity contribution in [2.75, 3.05) is 0 Å². The van der Waals surface area contributed by atoms with Crippen LogP contribution in [0.3, 0.4) is 0 Å². The molecule has 4 heavy (non-hydrogen) atoms. The minimum Gasteiger partial charge on any atom is -1.00 e. The maximum atomic E-state index is 0. The Labute approximate surface area is 93.1 Å². The molecule has 0 aliphatic rings. The third-order valence-corrected chi connectivity index (χ3v) is 0. The molecule has 0 aliphatic heterocycles. The van der Waals surface area contributed by atoms with Crippen LogP contribution in [0.1, 0.15) is 5.71 Å². The molecule has 4 heteroatoms. The van der Waals surface area contributed by atoms with Gasteiger partial charge in [0.1, 0.15) is 0 Å². The summed E-state index contributed by atoms with van der Waals surface area (Å²) in [5.74, 6) is 0. The van der Waals surface area contributed by atoms with Crippen LogP contribution in [0.5, 0.6) is 0 Å². The van der Waals surface area contributed by atoms with Crippen LogP contribution in [-0.4, -0.2) is 71.8 Å². The summed E-state index contributed by atoms with van der Waals surface area (Å²) in [5.41, 5.74) is 0. The molecule has 0 nitrogen and oxygen atoms in total. The summed E-state index contributed by atoms with van der Waals surface area (Å²) in [7, 11) is 0. The van der Waals surface area contributed by atoms with Gasteiger partial charge in [-0.05, 0) is 11.0 Å². The van der Waals surface area contributed by atoms with Crippen molar-refractivity contribution in [3.05, 3.63) is 0 Å². The molecule has 0 aromatic carbocycles. The molecule has 0 N–H and O–H groups in total. The maximum Gasteiger partial charge on any atom is 2.00 e. The fourth-order valence-electron chi connectivity index (χ4n) is 0. The van der Waals surface area contributed by atoms with Crippen LogP contribution in [0.25, 0.3) is 0 Å². The Balaban J connectivity index is 0. The second kappa shape index (κ2) is 17.1. The summed E-state index contributed by atoms with van der Waals surface area (Å²) in [6.45, 7) is 0. The van der Waals surface area contributed by atoms with Gasteiger partial charge in [-0.25, -0.2) is 0 Å². The van der Waals surface area contributed by atoms with E-state index in [4.69, 9.17) is 0 Å². The van der Waals surface area contributed by atoms with Crippen LogP contribution in [0.15, 0.2) is 0 Å². The fraction of sp³-hybridized carbons (Fsp3) is 0. The van der Waals surface area contributed by atoms with Crippen LogP contribution < -0.4 is 0 Å². The Hall–Kier alpha value is 2.76. The quantitative estimate of drug-likeness (QED) is 0.364. The topological polar surface area (TPSA) is 0 Å². The first-order chi connectivity index (χ1) is 0. The Morgan fingerprint density at radius 3 is 1.25 bits per heavy atom. The van der Waals surface area contributed by atoms with Crippen molar-refractivity contribution < 1.29 is 22.8 Å². The molecular weight excluding hydrogens is 148 g/mol. The molecule has 0 saturated heterocycles. The van der Waals surface area contributed by atoms with Crippen molar-refractivity contribution in [3.8, 4) is 0 Å². The normalized spacial score (nSPS) is 0. The standard InChI is InChI=1S/Ca.Fe.Mg.H4Si.4H/h;;;1H4;;;;/q+2;;+2;;4*-1. The number of rotatable bonds is 0. The SMILES string of the molecule is [Ca+2].[Fe].[H-].[H-].[H-].[H-].[Mg+2].[SiH4]. The molecule has 0 radical (unpaired) electrons. The minimum absolute atomic E-state index is 0. The Bertz CT molecular complexity index is 16.0. The predicted octanol–water partition coefficient (Wildman–Crippen LogP) is -1.77. The second-order valence-corrected chi connectivity index (χ2v) is 0. The van der Waals surface area contributed by atoms with Gasteiger partial charge >= 0.3 is 60.8 Å². The van der Waals surface area contributed by atoms with Crippen molar-refractivity contribution in [1.29, 1.82) is 0 Å². The van der Waals surface area contributed by atoms with Crippen LogP contribution in [0.2, 0.25) is 0 Å². The zero-order valence-electron chi connectivity index (χ0n) is 5.77. The molecule has 0 bridgehead atoms. The summed E-state index contributed by atoms with van der Waals surface area (Å²) in [5, 5.41) is 0. The van der Waals surface area contributed by atoms with Gasteiger partial charge in [-0.3, -0.25) is 0 Å². The van der Waals surface area contributed by atoms with Crippen LogP contribution in [-0.2, 0) is 17.1 Å². The van der Waals surface area contributed by atoms with E-state index in [0.29, 0.717) is 0 Å². The summed E-state index contributed by atoms with van der Waals surface area (Å²) < 4.78 is 0. The monoisotopic (exact) mass is 156 g/mol. The molecule has 0 aromatic rings. The molecule has 0 fully saturated rings. The Kier molecular flexibility index (Phi) is 126. The Morgan fingerprint density at radius 2 is 1.25 bits per heavy atom. The van der Waals surface area contributed by atoms with Crippen molar-refractivity contribution in [2.24, 2.45) is 0 Å². The van der Waals surface area contributed by atoms with E-state index < -0.39 is 0 Å². The van der Waals surface area contributed by atoms with E-state index in [1.807, 2.05) is 0 Å². The molecule has 0 saturated carbocycles. The van der Waals surface area contributed by atoms with Gasteiger partial charge in [-0.15, -0.1) is 0 Å². The average Bonchev–Trinajstić information content (AvgIpc) is 0. The first-order valence-corrected chi connectivity index (χ1v) is 0.